The van der Waals surface area contributed by atoms with Crippen molar-refractivity contribution in [1.82, 2.24) is 4.90 Å². The predicted octanol–water partition coefficient (Wildman–Crippen LogP) is 4.20. The van der Waals surface area contributed by atoms with Crippen molar-refractivity contribution < 1.29 is 18.7 Å². The van der Waals surface area contributed by atoms with Crippen molar-refractivity contribution >= 4 is 23.2 Å². The minimum atomic E-state index is -0.316. The Hall–Kier alpha value is -2.93. The number of benzene rings is 2. The molecule has 2 aromatic rings. The Kier molecular flexibility index (Phi) is 8.22. The van der Waals surface area contributed by atoms with Crippen molar-refractivity contribution in [2.75, 3.05) is 38.0 Å². The van der Waals surface area contributed by atoms with Gasteiger partial charge in [-0.05, 0) is 54.3 Å². The van der Waals surface area contributed by atoms with E-state index in [0.717, 1.165) is 48.2 Å². The second-order valence-corrected chi connectivity index (χ2v) is 8.52. The molecular formula is C25H32FN3O3. The van der Waals surface area contributed by atoms with Crippen LogP contribution in [0.1, 0.15) is 36.8 Å². The molecule has 0 unspecified atom stereocenters. The summed E-state index contributed by atoms with van der Waals surface area (Å²) in [5, 5.41) is 3.05. The zero-order valence-corrected chi connectivity index (χ0v) is 19.1. The fourth-order valence-corrected chi connectivity index (χ4v) is 4.12. The molecule has 0 bridgehead atoms. The summed E-state index contributed by atoms with van der Waals surface area (Å²) >= 11 is 0. The Morgan fingerprint density at radius 2 is 1.75 bits per heavy atom. The molecule has 1 saturated carbocycles. The molecule has 1 fully saturated rings. The first-order valence-corrected chi connectivity index (χ1v) is 11.0. The second kappa shape index (κ2) is 11.1. The van der Waals surface area contributed by atoms with Crippen LogP contribution in [0, 0.1) is 11.7 Å². The summed E-state index contributed by atoms with van der Waals surface area (Å²) in [6.45, 7) is 0.616. The number of methoxy groups -OCH3 is 1. The molecule has 0 aromatic heterocycles. The van der Waals surface area contributed by atoms with E-state index in [9.17, 15) is 14.0 Å². The van der Waals surface area contributed by atoms with Gasteiger partial charge in [0.1, 0.15) is 12.4 Å². The van der Waals surface area contributed by atoms with Crippen LogP contribution in [0.2, 0.25) is 0 Å². The van der Waals surface area contributed by atoms with Gasteiger partial charge in [0.15, 0.2) is 0 Å². The number of anilines is 2. The largest absolute Gasteiger partial charge is 0.377 e. The highest BCUT2D eigenvalue weighted by Gasteiger charge is 2.23. The molecular weight excluding hydrogens is 409 g/mol. The summed E-state index contributed by atoms with van der Waals surface area (Å²) in [7, 11) is 5.37. The van der Waals surface area contributed by atoms with Gasteiger partial charge >= 0.3 is 0 Å². The van der Waals surface area contributed by atoms with E-state index in [1.54, 1.807) is 17.0 Å². The minimum Gasteiger partial charge on any atom is -0.377 e. The second-order valence-electron chi connectivity index (χ2n) is 8.52. The smallest absolute Gasteiger partial charge is 0.249 e. The fraction of sp³-hybridized carbons (Fsp3) is 0.440. The summed E-state index contributed by atoms with van der Waals surface area (Å²) in [4.78, 5) is 29.0. The van der Waals surface area contributed by atoms with Crippen LogP contribution in [-0.4, -0.2) is 44.5 Å². The number of amides is 2. The number of rotatable bonds is 9. The molecule has 32 heavy (non-hydrogen) atoms. The van der Waals surface area contributed by atoms with Gasteiger partial charge in [-0.3, -0.25) is 9.59 Å². The number of ether oxygens (including phenoxy) is 1. The van der Waals surface area contributed by atoms with E-state index in [1.165, 1.54) is 19.2 Å². The first kappa shape index (κ1) is 23.7. The third-order valence-corrected chi connectivity index (χ3v) is 5.82. The van der Waals surface area contributed by atoms with E-state index in [-0.39, 0.29) is 30.2 Å². The number of carbonyl (C=O) groups excluding carboxylic acids is 2. The molecule has 0 radical (unpaired) electrons. The molecule has 7 heteroatoms. The van der Waals surface area contributed by atoms with Crippen molar-refractivity contribution in [2.45, 2.75) is 38.8 Å². The Balaban J connectivity index is 1.84. The van der Waals surface area contributed by atoms with Crippen LogP contribution >= 0.6 is 0 Å². The van der Waals surface area contributed by atoms with Crippen LogP contribution in [-0.2, 0) is 27.4 Å². The number of carbonyl (C=O) groups is 2. The van der Waals surface area contributed by atoms with Crippen LogP contribution in [0.15, 0.2) is 42.5 Å². The third-order valence-electron chi connectivity index (χ3n) is 5.82. The van der Waals surface area contributed by atoms with Gasteiger partial charge < -0.3 is 19.9 Å². The maximum Gasteiger partial charge on any atom is 0.249 e. The standard InChI is InChI=1S/C25H32FN3O3/c1-28(2)23-13-12-22(27-25(31)19-6-4-5-7-19)14-20(23)16-29(24(30)17-32-3)15-18-8-10-21(26)11-9-18/h8-14,19H,4-7,15-17H2,1-3H3,(H,27,31). The van der Waals surface area contributed by atoms with E-state index in [1.807, 2.05) is 37.2 Å². The Labute approximate surface area is 189 Å². The number of halogens is 1. The molecule has 3 rings (SSSR count). The highest BCUT2D eigenvalue weighted by molar-refractivity contribution is 5.93. The van der Waals surface area contributed by atoms with Gasteiger partial charge in [-0.1, -0.05) is 25.0 Å². The predicted molar refractivity (Wildman–Crippen MR) is 124 cm³/mol. The SMILES string of the molecule is COCC(=O)N(Cc1ccc(F)cc1)Cc1cc(NC(=O)C2CCCC2)ccc1N(C)C. The molecule has 0 spiro atoms. The third kappa shape index (κ3) is 6.29. The lowest BCUT2D eigenvalue weighted by molar-refractivity contribution is -0.136. The quantitative estimate of drug-likeness (QED) is 0.634. The van der Waals surface area contributed by atoms with Gasteiger partial charge in [-0.2, -0.15) is 0 Å². The molecule has 0 aliphatic heterocycles. The van der Waals surface area contributed by atoms with E-state index < -0.39 is 0 Å². The zero-order valence-electron chi connectivity index (χ0n) is 19.1. The summed E-state index contributed by atoms with van der Waals surface area (Å²) in [5.74, 6) is -0.346. The molecule has 1 aliphatic rings. The summed E-state index contributed by atoms with van der Waals surface area (Å²) in [6.07, 6.45) is 4.07. The van der Waals surface area contributed by atoms with Gasteiger partial charge in [0, 0.05) is 51.6 Å². The van der Waals surface area contributed by atoms with Crippen molar-refractivity contribution in [1.29, 1.82) is 0 Å². The van der Waals surface area contributed by atoms with E-state index >= 15 is 0 Å². The van der Waals surface area contributed by atoms with Crippen molar-refractivity contribution in [3.8, 4) is 0 Å². The lowest BCUT2D eigenvalue weighted by Gasteiger charge is -2.26. The van der Waals surface area contributed by atoms with Crippen LogP contribution in [0.5, 0.6) is 0 Å². The van der Waals surface area contributed by atoms with Crippen molar-refractivity contribution in [3.05, 3.63) is 59.4 Å². The molecule has 0 heterocycles. The van der Waals surface area contributed by atoms with E-state index in [2.05, 4.69) is 5.32 Å². The van der Waals surface area contributed by atoms with Crippen LogP contribution in [0.25, 0.3) is 0 Å². The van der Waals surface area contributed by atoms with Gasteiger partial charge in [-0.25, -0.2) is 4.39 Å². The zero-order chi connectivity index (χ0) is 23.1. The number of hydrogen-bond acceptors (Lipinski definition) is 4. The summed E-state index contributed by atoms with van der Waals surface area (Å²) in [6, 6.07) is 11.9. The fourth-order valence-electron chi connectivity index (χ4n) is 4.12. The first-order chi connectivity index (χ1) is 15.4. The molecule has 2 aromatic carbocycles. The Morgan fingerprint density at radius 3 is 2.38 bits per heavy atom. The lowest BCUT2D eigenvalue weighted by atomic mass is 10.1. The van der Waals surface area contributed by atoms with Crippen LogP contribution in [0.3, 0.4) is 0 Å². The molecule has 0 atom stereocenters. The highest BCUT2D eigenvalue weighted by Crippen LogP contribution is 2.28. The average Bonchev–Trinajstić information content (AvgIpc) is 3.30. The van der Waals surface area contributed by atoms with Gasteiger partial charge in [0.25, 0.3) is 0 Å². The maximum absolute atomic E-state index is 13.3. The molecule has 1 N–H and O–H groups in total. The topological polar surface area (TPSA) is 61.9 Å². The van der Waals surface area contributed by atoms with E-state index in [4.69, 9.17) is 4.74 Å². The number of nitrogens with one attached hydrogen (secondary N) is 1. The van der Waals surface area contributed by atoms with Crippen molar-refractivity contribution in [3.63, 3.8) is 0 Å². The number of nitrogens with zero attached hydrogens (tertiary/aromatic N) is 2. The lowest BCUT2D eigenvalue weighted by Crippen LogP contribution is -2.33. The monoisotopic (exact) mass is 441 g/mol. The normalized spacial score (nSPS) is 13.8. The molecule has 1 aliphatic carbocycles. The maximum atomic E-state index is 13.3. The van der Waals surface area contributed by atoms with Gasteiger partial charge in [0.05, 0.1) is 0 Å². The molecule has 0 saturated heterocycles. The first-order valence-electron chi connectivity index (χ1n) is 11.0. The summed E-state index contributed by atoms with van der Waals surface area (Å²) < 4.78 is 18.4. The summed E-state index contributed by atoms with van der Waals surface area (Å²) in [5.41, 5.74) is 3.42. The van der Waals surface area contributed by atoms with Crippen molar-refractivity contribution in [2.24, 2.45) is 5.92 Å². The van der Waals surface area contributed by atoms with Crippen LogP contribution in [0.4, 0.5) is 15.8 Å². The average molecular weight is 442 g/mol. The molecule has 2 amide bonds. The Morgan fingerprint density at radius 1 is 1.06 bits per heavy atom. The van der Waals surface area contributed by atoms with Gasteiger partial charge in [0.2, 0.25) is 11.8 Å². The molecule has 6 nitrogen and oxygen atoms in total. The minimum absolute atomic E-state index is 0.0450. The Bertz CT molecular complexity index is 925. The highest BCUT2D eigenvalue weighted by atomic mass is 19.1. The number of hydrogen-bond donors (Lipinski definition) is 1. The van der Waals surface area contributed by atoms with Crippen LogP contribution < -0.4 is 10.2 Å². The van der Waals surface area contributed by atoms with E-state index in [0.29, 0.717) is 13.1 Å². The molecule has 172 valence electrons. The van der Waals surface area contributed by atoms with Gasteiger partial charge in [-0.15, -0.1) is 0 Å².